The lowest BCUT2D eigenvalue weighted by Gasteiger charge is -2.05. The maximum atomic E-state index is 10.3. The molecule has 0 fully saturated rings. The molecule has 80 valence electrons. The number of carboxylic acids is 1. The van der Waals surface area contributed by atoms with E-state index in [2.05, 4.69) is 0 Å². The van der Waals surface area contributed by atoms with Gasteiger partial charge >= 0.3 is 5.97 Å². The van der Waals surface area contributed by atoms with Gasteiger partial charge in [-0.25, -0.2) is 4.79 Å². The lowest BCUT2D eigenvalue weighted by atomic mass is 10.1. The summed E-state index contributed by atoms with van der Waals surface area (Å²) in [5.74, 6) is -1.38. The Morgan fingerprint density at radius 2 is 2.00 bits per heavy atom. The maximum Gasteiger partial charge on any atom is 0.328 e. The van der Waals surface area contributed by atoms with Gasteiger partial charge in [0.2, 0.25) is 0 Å². The van der Waals surface area contributed by atoms with Gasteiger partial charge in [0.1, 0.15) is 5.75 Å². The third-order valence-corrected chi connectivity index (χ3v) is 1.73. The molecule has 5 heteroatoms. The van der Waals surface area contributed by atoms with Gasteiger partial charge < -0.3 is 20.1 Å². The van der Waals surface area contributed by atoms with Gasteiger partial charge in [0, 0.05) is 17.7 Å². The minimum absolute atomic E-state index is 0.165. The zero-order chi connectivity index (χ0) is 11.4. The molecule has 0 spiro atoms. The second-order valence-corrected chi connectivity index (χ2v) is 2.75. The highest BCUT2D eigenvalue weighted by Crippen LogP contribution is 2.33. The molecule has 0 unspecified atom stereocenters. The number of phenolic OH excluding ortho intramolecular Hbond substituents is 2. The summed E-state index contributed by atoms with van der Waals surface area (Å²) >= 11 is 0. The lowest BCUT2D eigenvalue weighted by molar-refractivity contribution is -0.131. The molecule has 0 atom stereocenters. The average Bonchev–Trinajstić information content (AvgIpc) is 2.16. The van der Waals surface area contributed by atoms with Crippen LogP contribution in [-0.2, 0) is 4.79 Å². The van der Waals surface area contributed by atoms with Crippen molar-refractivity contribution in [3.8, 4) is 17.2 Å². The van der Waals surface area contributed by atoms with E-state index < -0.39 is 5.97 Å². The van der Waals surface area contributed by atoms with Crippen LogP contribution in [0, 0.1) is 0 Å². The highest BCUT2D eigenvalue weighted by Gasteiger charge is 2.06. The molecular weight excluding hydrogens is 200 g/mol. The topological polar surface area (TPSA) is 87.0 Å². The third-order valence-electron chi connectivity index (χ3n) is 1.73. The summed E-state index contributed by atoms with van der Waals surface area (Å²) in [7, 11) is 1.36. The van der Waals surface area contributed by atoms with Gasteiger partial charge in [0.15, 0.2) is 11.5 Å². The predicted octanol–water partition coefficient (Wildman–Crippen LogP) is 1.20. The molecule has 5 nitrogen and oxygen atoms in total. The van der Waals surface area contributed by atoms with Crippen LogP contribution in [0.5, 0.6) is 17.2 Å². The normalized spacial score (nSPS) is 10.5. The van der Waals surface area contributed by atoms with Gasteiger partial charge in [-0.15, -0.1) is 0 Å². The van der Waals surface area contributed by atoms with E-state index in [9.17, 15) is 15.0 Å². The summed E-state index contributed by atoms with van der Waals surface area (Å²) in [6.45, 7) is 0. The van der Waals surface area contributed by atoms with Crippen molar-refractivity contribution in [2.75, 3.05) is 7.11 Å². The summed E-state index contributed by atoms with van der Waals surface area (Å²) in [4.78, 5) is 10.3. The van der Waals surface area contributed by atoms with Gasteiger partial charge in [-0.3, -0.25) is 0 Å². The van der Waals surface area contributed by atoms with E-state index in [1.165, 1.54) is 19.3 Å². The standard InChI is InChI=1S/C10H10O5/c1-15-9-4-6(2-3-10(13)14)7(11)5-8(9)12/h2-5,11-12H,1H3,(H,13,14). The van der Waals surface area contributed by atoms with Crippen LogP contribution < -0.4 is 4.74 Å². The average molecular weight is 210 g/mol. The first kappa shape index (κ1) is 10.9. The number of aliphatic carboxylic acids is 1. The van der Waals surface area contributed by atoms with Crippen molar-refractivity contribution < 1.29 is 24.9 Å². The van der Waals surface area contributed by atoms with E-state index in [4.69, 9.17) is 9.84 Å². The zero-order valence-corrected chi connectivity index (χ0v) is 7.97. The number of phenols is 2. The Bertz CT molecular complexity index is 409. The summed E-state index contributed by atoms with van der Waals surface area (Å²) in [5.41, 5.74) is 0.257. The molecule has 0 saturated carbocycles. The second-order valence-electron chi connectivity index (χ2n) is 2.75. The van der Waals surface area contributed by atoms with Crippen molar-refractivity contribution in [3.05, 3.63) is 23.8 Å². The van der Waals surface area contributed by atoms with Gasteiger partial charge in [-0.05, 0) is 12.1 Å². The SMILES string of the molecule is COc1cc(C=CC(=O)O)c(O)cc1O. The number of rotatable bonds is 3. The van der Waals surface area contributed by atoms with Crippen LogP contribution in [-0.4, -0.2) is 28.4 Å². The minimum atomic E-state index is -1.12. The van der Waals surface area contributed by atoms with Crippen molar-refractivity contribution >= 4 is 12.0 Å². The number of benzene rings is 1. The van der Waals surface area contributed by atoms with Crippen LogP contribution in [0.1, 0.15) is 5.56 Å². The van der Waals surface area contributed by atoms with Crippen LogP contribution in [0.15, 0.2) is 18.2 Å². The molecule has 15 heavy (non-hydrogen) atoms. The number of carboxylic acid groups (broad SMARTS) is 1. The molecule has 0 saturated heterocycles. The monoisotopic (exact) mass is 210 g/mol. The molecule has 3 N–H and O–H groups in total. The fourth-order valence-electron chi connectivity index (χ4n) is 1.03. The number of aromatic hydroxyl groups is 2. The Labute approximate surface area is 85.9 Å². The molecule has 0 amide bonds. The van der Waals surface area contributed by atoms with E-state index in [1.807, 2.05) is 0 Å². The predicted molar refractivity (Wildman–Crippen MR) is 53.0 cm³/mol. The van der Waals surface area contributed by atoms with E-state index in [0.717, 1.165) is 12.1 Å². The molecule has 1 aromatic rings. The third kappa shape index (κ3) is 2.63. The molecule has 0 aliphatic heterocycles. The molecule has 0 aliphatic carbocycles. The molecule has 0 radical (unpaired) electrons. The summed E-state index contributed by atoms with van der Waals surface area (Å²) in [6.07, 6.45) is 2.09. The Hall–Kier alpha value is -2.17. The number of carbonyl (C=O) groups is 1. The Morgan fingerprint density at radius 3 is 2.53 bits per heavy atom. The first-order valence-corrected chi connectivity index (χ1v) is 4.05. The van der Waals surface area contributed by atoms with Crippen LogP contribution in [0.2, 0.25) is 0 Å². The quantitative estimate of drug-likeness (QED) is 0.652. The van der Waals surface area contributed by atoms with Crippen molar-refractivity contribution in [3.63, 3.8) is 0 Å². The van der Waals surface area contributed by atoms with E-state index in [0.29, 0.717) is 0 Å². The fraction of sp³-hybridized carbons (Fsp3) is 0.100. The van der Waals surface area contributed by atoms with Crippen LogP contribution in [0.25, 0.3) is 6.08 Å². The van der Waals surface area contributed by atoms with Crippen molar-refractivity contribution in [1.29, 1.82) is 0 Å². The summed E-state index contributed by atoms with van der Waals surface area (Å²) in [6, 6.07) is 2.42. The Morgan fingerprint density at radius 1 is 1.33 bits per heavy atom. The molecular formula is C10H10O5. The molecule has 0 heterocycles. The number of hydrogen-bond donors (Lipinski definition) is 3. The van der Waals surface area contributed by atoms with Crippen molar-refractivity contribution in [2.24, 2.45) is 0 Å². The Balaban J connectivity index is 3.13. The number of ether oxygens (including phenoxy) is 1. The van der Waals surface area contributed by atoms with Crippen molar-refractivity contribution in [1.82, 2.24) is 0 Å². The molecule has 0 bridgehead atoms. The number of methoxy groups -OCH3 is 1. The van der Waals surface area contributed by atoms with Crippen LogP contribution >= 0.6 is 0 Å². The van der Waals surface area contributed by atoms with Gasteiger partial charge in [0.05, 0.1) is 7.11 Å². The maximum absolute atomic E-state index is 10.3. The molecule has 1 rings (SSSR count). The smallest absolute Gasteiger partial charge is 0.328 e. The fourth-order valence-corrected chi connectivity index (χ4v) is 1.03. The molecule has 1 aromatic carbocycles. The van der Waals surface area contributed by atoms with E-state index >= 15 is 0 Å². The Kier molecular flexibility index (Phi) is 3.17. The summed E-state index contributed by atoms with van der Waals surface area (Å²) < 4.78 is 4.81. The number of hydrogen-bond acceptors (Lipinski definition) is 4. The van der Waals surface area contributed by atoms with E-state index in [-0.39, 0.29) is 22.8 Å². The minimum Gasteiger partial charge on any atom is -0.507 e. The van der Waals surface area contributed by atoms with Gasteiger partial charge in [-0.1, -0.05) is 0 Å². The van der Waals surface area contributed by atoms with E-state index in [1.54, 1.807) is 0 Å². The highest BCUT2D eigenvalue weighted by atomic mass is 16.5. The van der Waals surface area contributed by atoms with Crippen LogP contribution in [0.4, 0.5) is 0 Å². The van der Waals surface area contributed by atoms with Gasteiger partial charge in [0.25, 0.3) is 0 Å². The first-order valence-electron chi connectivity index (χ1n) is 4.05. The first-order chi connectivity index (χ1) is 7.04. The second kappa shape index (κ2) is 4.36. The molecule has 0 aliphatic rings. The highest BCUT2D eigenvalue weighted by molar-refractivity contribution is 5.86. The van der Waals surface area contributed by atoms with Gasteiger partial charge in [-0.2, -0.15) is 0 Å². The van der Waals surface area contributed by atoms with Crippen LogP contribution in [0.3, 0.4) is 0 Å². The van der Waals surface area contributed by atoms with Crippen molar-refractivity contribution in [2.45, 2.75) is 0 Å². The zero-order valence-electron chi connectivity index (χ0n) is 7.97. The summed E-state index contributed by atoms with van der Waals surface area (Å²) in [5, 5.41) is 27.0. The largest absolute Gasteiger partial charge is 0.507 e. The molecule has 0 aromatic heterocycles. The lowest BCUT2D eigenvalue weighted by Crippen LogP contribution is -1.88.